The van der Waals surface area contributed by atoms with Gasteiger partial charge in [0.2, 0.25) is 11.8 Å². The zero-order chi connectivity index (χ0) is 28.9. The molecule has 212 valence electrons. The van der Waals surface area contributed by atoms with E-state index in [1.807, 2.05) is 19.9 Å². The van der Waals surface area contributed by atoms with Gasteiger partial charge in [-0.05, 0) is 80.6 Å². The number of hydrogen-bond donors (Lipinski definition) is 1. The largest absolute Gasteiger partial charge is 0.352 e. The lowest BCUT2D eigenvalue weighted by atomic mass is 10.1. The van der Waals surface area contributed by atoms with Gasteiger partial charge in [0.05, 0.1) is 10.6 Å². The summed E-state index contributed by atoms with van der Waals surface area (Å²) in [4.78, 5) is 28.9. The zero-order valence-corrected chi connectivity index (χ0v) is 24.7. The second-order valence-corrected chi connectivity index (χ2v) is 12.7. The van der Waals surface area contributed by atoms with Gasteiger partial charge in [0.15, 0.2) is 0 Å². The van der Waals surface area contributed by atoms with Crippen LogP contribution in [0.5, 0.6) is 0 Å². The quantitative estimate of drug-likeness (QED) is 0.336. The van der Waals surface area contributed by atoms with Gasteiger partial charge < -0.3 is 10.2 Å². The van der Waals surface area contributed by atoms with Crippen LogP contribution in [0.4, 0.5) is 5.69 Å². The molecule has 1 saturated carbocycles. The molecule has 0 saturated heterocycles. The SMILES string of the molecule is Cc1cccc(N(CC(=O)N(Cc2ccc(Cl)cc2)[C@H](C)C(=O)NC2CCCC2)S(=O)(=O)c2ccccc2)c1C. The number of aryl methyl sites for hydroxylation is 1. The van der Waals surface area contributed by atoms with Crippen LogP contribution in [0.15, 0.2) is 77.7 Å². The molecule has 40 heavy (non-hydrogen) atoms. The van der Waals surface area contributed by atoms with E-state index in [1.165, 1.54) is 17.0 Å². The molecule has 0 aliphatic heterocycles. The van der Waals surface area contributed by atoms with Crippen LogP contribution in [0.25, 0.3) is 0 Å². The maximum atomic E-state index is 14.1. The normalized spacial score (nSPS) is 14.5. The molecular formula is C31H36ClN3O4S. The minimum Gasteiger partial charge on any atom is -0.352 e. The highest BCUT2D eigenvalue weighted by molar-refractivity contribution is 7.92. The Hall–Kier alpha value is -3.36. The minimum atomic E-state index is -4.10. The molecule has 0 radical (unpaired) electrons. The van der Waals surface area contributed by atoms with Crippen molar-refractivity contribution in [3.8, 4) is 0 Å². The number of nitrogens with one attached hydrogen (secondary N) is 1. The van der Waals surface area contributed by atoms with Crippen molar-refractivity contribution in [2.24, 2.45) is 0 Å². The first kappa shape index (κ1) is 29.6. The number of halogens is 1. The summed E-state index contributed by atoms with van der Waals surface area (Å²) in [5, 5.41) is 3.64. The van der Waals surface area contributed by atoms with E-state index in [4.69, 9.17) is 11.6 Å². The summed E-state index contributed by atoms with van der Waals surface area (Å²) in [6.45, 7) is 5.09. The van der Waals surface area contributed by atoms with E-state index in [9.17, 15) is 18.0 Å². The van der Waals surface area contributed by atoms with E-state index in [2.05, 4.69) is 5.32 Å². The molecule has 0 aromatic heterocycles. The Morgan fingerprint density at radius 1 is 0.950 bits per heavy atom. The minimum absolute atomic E-state index is 0.0833. The van der Waals surface area contributed by atoms with Crippen LogP contribution in [0.3, 0.4) is 0 Å². The Morgan fingerprint density at radius 2 is 1.60 bits per heavy atom. The predicted molar refractivity (Wildman–Crippen MR) is 159 cm³/mol. The van der Waals surface area contributed by atoms with E-state index >= 15 is 0 Å². The zero-order valence-electron chi connectivity index (χ0n) is 23.1. The van der Waals surface area contributed by atoms with E-state index in [1.54, 1.807) is 61.5 Å². The van der Waals surface area contributed by atoms with Gasteiger partial charge >= 0.3 is 0 Å². The number of anilines is 1. The van der Waals surface area contributed by atoms with Gasteiger partial charge in [-0.3, -0.25) is 13.9 Å². The van der Waals surface area contributed by atoms with E-state index in [0.717, 1.165) is 46.7 Å². The Morgan fingerprint density at radius 3 is 2.25 bits per heavy atom. The Bertz CT molecular complexity index is 1440. The first-order chi connectivity index (χ1) is 19.1. The fourth-order valence-electron chi connectivity index (χ4n) is 5.00. The molecule has 0 spiro atoms. The summed E-state index contributed by atoms with van der Waals surface area (Å²) in [5.74, 6) is -0.733. The summed E-state index contributed by atoms with van der Waals surface area (Å²) in [5.41, 5.74) is 2.86. The highest BCUT2D eigenvalue weighted by atomic mass is 35.5. The van der Waals surface area contributed by atoms with Crippen LogP contribution >= 0.6 is 11.6 Å². The van der Waals surface area contributed by atoms with Gasteiger partial charge in [0.1, 0.15) is 12.6 Å². The number of rotatable bonds is 10. The Balaban J connectivity index is 1.70. The van der Waals surface area contributed by atoms with E-state index in [0.29, 0.717) is 10.7 Å². The molecule has 0 heterocycles. The molecule has 4 rings (SSSR count). The summed E-state index contributed by atoms with van der Waals surface area (Å²) < 4.78 is 29.0. The number of hydrogen-bond acceptors (Lipinski definition) is 4. The molecule has 2 amide bonds. The van der Waals surface area contributed by atoms with E-state index < -0.39 is 28.5 Å². The van der Waals surface area contributed by atoms with Crippen LogP contribution in [0.2, 0.25) is 5.02 Å². The second kappa shape index (κ2) is 12.9. The van der Waals surface area contributed by atoms with Crippen molar-refractivity contribution < 1.29 is 18.0 Å². The van der Waals surface area contributed by atoms with Crippen molar-refractivity contribution in [3.05, 3.63) is 94.5 Å². The van der Waals surface area contributed by atoms with Gasteiger partial charge in [0.25, 0.3) is 10.0 Å². The fraction of sp³-hybridized carbons (Fsp3) is 0.355. The van der Waals surface area contributed by atoms with Crippen molar-refractivity contribution in [3.63, 3.8) is 0 Å². The van der Waals surface area contributed by atoms with Crippen molar-refractivity contribution in [2.45, 2.75) is 70.0 Å². The molecule has 1 fully saturated rings. The lowest BCUT2D eigenvalue weighted by molar-refractivity contribution is -0.139. The van der Waals surface area contributed by atoms with Crippen molar-refractivity contribution >= 4 is 39.1 Å². The van der Waals surface area contributed by atoms with Crippen LogP contribution in [0, 0.1) is 13.8 Å². The fourth-order valence-corrected chi connectivity index (χ4v) is 6.62. The summed E-state index contributed by atoms with van der Waals surface area (Å²) in [7, 11) is -4.10. The van der Waals surface area contributed by atoms with Crippen molar-refractivity contribution in [2.75, 3.05) is 10.8 Å². The third-order valence-corrected chi connectivity index (χ3v) is 9.62. The number of carbonyl (C=O) groups is 2. The number of nitrogens with zero attached hydrogens (tertiary/aromatic N) is 2. The summed E-state index contributed by atoms with van der Waals surface area (Å²) >= 11 is 6.07. The standard InChI is InChI=1S/C31H36ClN3O4S/c1-22-10-9-15-29(23(22)2)35(40(38,39)28-13-5-4-6-14-28)21-30(36)34(20-25-16-18-26(32)19-17-25)24(3)31(37)33-27-11-7-8-12-27/h4-6,9-10,13-19,24,27H,7-8,11-12,20-21H2,1-3H3,(H,33,37)/t24-/m1/s1. The number of benzene rings is 3. The molecule has 1 aliphatic carbocycles. The highest BCUT2D eigenvalue weighted by Gasteiger charge is 2.34. The maximum Gasteiger partial charge on any atom is 0.264 e. The molecule has 1 N–H and O–H groups in total. The second-order valence-electron chi connectivity index (χ2n) is 10.4. The first-order valence-electron chi connectivity index (χ1n) is 13.6. The maximum absolute atomic E-state index is 14.1. The molecule has 3 aromatic rings. The molecule has 9 heteroatoms. The van der Waals surface area contributed by atoms with Crippen molar-refractivity contribution in [1.82, 2.24) is 10.2 Å². The molecular weight excluding hydrogens is 546 g/mol. The van der Waals surface area contributed by atoms with Gasteiger partial charge in [0, 0.05) is 17.6 Å². The van der Waals surface area contributed by atoms with Crippen LogP contribution in [-0.2, 0) is 26.2 Å². The Kier molecular flexibility index (Phi) is 9.53. The summed E-state index contributed by atoms with van der Waals surface area (Å²) in [6.07, 6.45) is 3.96. The molecule has 0 bridgehead atoms. The average Bonchev–Trinajstić information content (AvgIpc) is 3.46. The third kappa shape index (κ3) is 6.85. The van der Waals surface area contributed by atoms with Gasteiger partial charge in [-0.1, -0.05) is 66.9 Å². The van der Waals surface area contributed by atoms with Crippen LogP contribution in [-0.4, -0.2) is 43.8 Å². The smallest absolute Gasteiger partial charge is 0.264 e. The van der Waals surface area contributed by atoms with Crippen LogP contribution in [0.1, 0.15) is 49.3 Å². The van der Waals surface area contributed by atoms with Gasteiger partial charge in [-0.25, -0.2) is 8.42 Å². The topological polar surface area (TPSA) is 86.8 Å². The average molecular weight is 582 g/mol. The lowest BCUT2D eigenvalue weighted by Gasteiger charge is -2.33. The first-order valence-corrected chi connectivity index (χ1v) is 15.4. The van der Waals surface area contributed by atoms with Gasteiger partial charge in [-0.2, -0.15) is 0 Å². The van der Waals surface area contributed by atoms with Gasteiger partial charge in [-0.15, -0.1) is 0 Å². The molecule has 7 nitrogen and oxygen atoms in total. The third-order valence-electron chi connectivity index (χ3n) is 7.59. The molecule has 1 atom stereocenters. The van der Waals surface area contributed by atoms with Crippen molar-refractivity contribution in [1.29, 1.82) is 0 Å². The van der Waals surface area contributed by atoms with Crippen LogP contribution < -0.4 is 9.62 Å². The lowest BCUT2D eigenvalue weighted by Crippen LogP contribution is -2.52. The van der Waals surface area contributed by atoms with E-state index in [-0.39, 0.29) is 23.4 Å². The predicted octanol–water partition coefficient (Wildman–Crippen LogP) is 5.63. The molecule has 1 aliphatic rings. The molecule has 3 aromatic carbocycles. The molecule has 0 unspecified atom stereocenters. The summed E-state index contributed by atoms with van der Waals surface area (Å²) in [6, 6.07) is 19.8. The monoisotopic (exact) mass is 581 g/mol. The number of sulfonamides is 1. The Labute approximate surface area is 242 Å². The number of amides is 2. The highest BCUT2D eigenvalue weighted by Crippen LogP contribution is 2.29. The number of carbonyl (C=O) groups excluding carboxylic acids is 2.